The van der Waals surface area contributed by atoms with Gasteiger partial charge in [0, 0.05) is 28.7 Å². The first-order valence-corrected chi connectivity index (χ1v) is 7.51. The number of hydrogen-bond donors (Lipinski definition) is 1. The summed E-state index contributed by atoms with van der Waals surface area (Å²) in [6.45, 7) is 3.72. The smallest absolute Gasteiger partial charge is 0.269 e. The highest BCUT2D eigenvalue weighted by molar-refractivity contribution is 7.15. The van der Waals surface area contributed by atoms with Crippen LogP contribution in [0.25, 0.3) is 15.5 Å². The van der Waals surface area contributed by atoms with E-state index in [9.17, 15) is 4.79 Å². The van der Waals surface area contributed by atoms with E-state index in [4.69, 9.17) is 5.73 Å². The Hall–Kier alpha value is -1.57. The van der Waals surface area contributed by atoms with Crippen molar-refractivity contribution in [3.8, 4) is 10.6 Å². The molecular weight excluding hydrogens is 280 g/mol. The van der Waals surface area contributed by atoms with Crippen molar-refractivity contribution in [3.63, 3.8) is 0 Å². The van der Waals surface area contributed by atoms with Gasteiger partial charge >= 0.3 is 0 Å². The van der Waals surface area contributed by atoms with E-state index in [1.165, 1.54) is 22.7 Å². The minimum Gasteiger partial charge on any atom is -0.323 e. The quantitative estimate of drug-likeness (QED) is 0.786. The number of nitrogens with two attached hydrogens (primary N) is 1. The Bertz CT molecular complexity index is 786. The summed E-state index contributed by atoms with van der Waals surface area (Å²) in [5.41, 5.74) is 7.88. The van der Waals surface area contributed by atoms with Crippen molar-refractivity contribution in [2.24, 2.45) is 5.73 Å². The molecule has 5 nitrogen and oxygen atoms in total. The van der Waals surface area contributed by atoms with E-state index in [-0.39, 0.29) is 11.6 Å². The number of fused-ring (bicyclic) bond motifs is 1. The molecule has 0 aromatic carbocycles. The van der Waals surface area contributed by atoms with Gasteiger partial charge in [-0.2, -0.15) is 0 Å². The molecule has 0 amide bonds. The van der Waals surface area contributed by atoms with Crippen LogP contribution in [0.5, 0.6) is 0 Å². The Kier molecular flexibility index (Phi) is 2.96. The molecule has 3 heterocycles. The topological polar surface area (TPSA) is 73.3 Å². The molecule has 19 heavy (non-hydrogen) atoms. The van der Waals surface area contributed by atoms with Gasteiger partial charge in [0.1, 0.15) is 5.01 Å². The highest BCUT2D eigenvalue weighted by Crippen LogP contribution is 2.26. The van der Waals surface area contributed by atoms with Gasteiger partial charge in [0.05, 0.1) is 11.3 Å². The number of aromatic nitrogens is 3. The SMILES string of the molecule is Cc1csc2nc(C(C)N)c(-c3nccs3)c(=O)n12. The van der Waals surface area contributed by atoms with Crippen LogP contribution < -0.4 is 11.3 Å². The number of rotatable bonds is 2. The lowest BCUT2D eigenvalue weighted by Gasteiger charge is -2.10. The summed E-state index contributed by atoms with van der Waals surface area (Å²) in [4.78, 5) is 22.1. The van der Waals surface area contributed by atoms with Gasteiger partial charge in [-0.15, -0.1) is 22.7 Å². The molecule has 1 unspecified atom stereocenters. The molecule has 3 aromatic heterocycles. The minimum absolute atomic E-state index is 0.0917. The second-order valence-electron chi connectivity index (χ2n) is 4.30. The monoisotopic (exact) mass is 292 g/mol. The molecule has 3 rings (SSSR count). The molecule has 3 aromatic rings. The van der Waals surface area contributed by atoms with Crippen LogP contribution in [-0.2, 0) is 0 Å². The maximum absolute atomic E-state index is 12.7. The fourth-order valence-corrected chi connectivity index (χ4v) is 3.52. The lowest BCUT2D eigenvalue weighted by atomic mass is 10.1. The summed E-state index contributed by atoms with van der Waals surface area (Å²) in [6.07, 6.45) is 1.68. The van der Waals surface area contributed by atoms with Crippen molar-refractivity contribution < 1.29 is 0 Å². The largest absolute Gasteiger partial charge is 0.323 e. The molecule has 0 fully saturated rings. The average molecular weight is 292 g/mol. The van der Waals surface area contributed by atoms with Crippen LogP contribution in [-0.4, -0.2) is 14.4 Å². The summed E-state index contributed by atoms with van der Waals surface area (Å²) >= 11 is 2.87. The molecule has 2 N–H and O–H groups in total. The molecule has 0 saturated carbocycles. The molecule has 0 radical (unpaired) electrons. The van der Waals surface area contributed by atoms with Crippen molar-refractivity contribution in [3.05, 3.63) is 38.7 Å². The van der Waals surface area contributed by atoms with Crippen LogP contribution in [0.3, 0.4) is 0 Å². The van der Waals surface area contributed by atoms with Gasteiger partial charge in [0.25, 0.3) is 5.56 Å². The first-order chi connectivity index (χ1) is 9.09. The molecule has 0 bridgehead atoms. The van der Waals surface area contributed by atoms with Gasteiger partial charge in [-0.1, -0.05) is 0 Å². The third-order valence-corrected chi connectivity index (χ3v) is 4.58. The zero-order valence-electron chi connectivity index (χ0n) is 10.5. The molecule has 98 valence electrons. The number of hydrogen-bond acceptors (Lipinski definition) is 6. The summed E-state index contributed by atoms with van der Waals surface area (Å²) < 4.78 is 1.62. The van der Waals surface area contributed by atoms with Gasteiger partial charge in [-0.3, -0.25) is 9.20 Å². The van der Waals surface area contributed by atoms with Crippen LogP contribution in [0, 0.1) is 6.92 Å². The van der Waals surface area contributed by atoms with Crippen molar-refractivity contribution in [2.45, 2.75) is 19.9 Å². The molecule has 0 aliphatic heterocycles. The van der Waals surface area contributed by atoms with Crippen LogP contribution >= 0.6 is 22.7 Å². The van der Waals surface area contributed by atoms with Crippen LogP contribution in [0.1, 0.15) is 24.4 Å². The second-order valence-corrected chi connectivity index (χ2v) is 6.03. The number of nitrogens with zero attached hydrogens (tertiary/aromatic N) is 3. The van der Waals surface area contributed by atoms with Gasteiger partial charge in [0.15, 0.2) is 4.96 Å². The van der Waals surface area contributed by atoms with E-state index < -0.39 is 0 Å². The van der Waals surface area contributed by atoms with E-state index in [1.807, 2.05) is 24.6 Å². The zero-order chi connectivity index (χ0) is 13.6. The molecule has 0 aliphatic rings. The van der Waals surface area contributed by atoms with E-state index >= 15 is 0 Å². The fraction of sp³-hybridized carbons (Fsp3) is 0.250. The maximum Gasteiger partial charge on any atom is 0.269 e. The summed E-state index contributed by atoms with van der Waals surface area (Å²) in [6, 6.07) is -0.306. The van der Waals surface area contributed by atoms with Gasteiger partial charge < -0.3 is 5.73 Å². The Labute approximate surface area is 117 Å². The average Bonchev–Trinajstić information content (AvgIpc) is 2.99. The van der Waals surface area contributed by atoms with Crippen molar-refractivity contribution in [1.82, 2.24) is 14.4 Å². The molecule has 7 heteroatoms. The molecule has 1 atom stereocenters. The van der Waals surface area contributed by atoms with Crippen LogP contribution in [0.2, 0.25) is 0 Å². The van der Waals surface area contributed by atoms with Crippen molar-refractivity contribution in [2.75, 3.05) is 0 Å². The zero-order valence-corrected chi connectivity index (χ0v) is 12.1. The van der Waals surface area contributed by atoms with Crippen molar-refractivity contribution >= 4 is 27.6 Å². The first-order valence-electron chi connectivity index (χ1n) is 5.75. The summed E-state index contributed by atoms with van der Waals surface area (Å²) in [7, 11) is 0. The predicted octanol–water partition coefficient (Wildman–Crippen LogP) is 2.21. The lowest BCUT2D eigenvalue weighted by molar-refractivity contribution is 0.778. The molecule has 0 saturated heterocycles. The van der Waals surface area contributed by atoms with Crippen molar-refractivity contribution in [1.29, 1.82) is 0 Å². The summed E-state index contributed by atoms with van der Waals surface area (Å²) in [5.74, 6) is 0. The predicted molar refractivity (Wildman–Crippen MR) is 77.8 cm³/mol. The Morgan fingerprint density at radius 1 is 1.42 bits per heavy atom. The highest BCUT2D eigenvalue weighted by atomic mass is 32.1. The first kappa shape index (κ1) is 12.5. The number of aryl methyl sites for hydroxylation is 1. The minimum atomic E-state index is -0.306. The second kappa shape index (κ2) is 4.52. The van der Waals surface area contributed by atoms with Crippen LogP contribution in [0.4, 0.5) is 0 Å². The van der Waals surface area contributed by atoms with E-state index in [2.05, 4.69) is 9.97 Å². The standard InChI is InChI=1S/C12H12N4OS2/c1-6-5-19-12-15-9(7(2)13)8(11(17)16(6)12)10-14-3-4-18-10/h3-5,7H,13H2,1-2H3. The molecular formula is C12H12N4OS2. The third-order valence-electron chi connectivity index (χ3n) is 2.85. The Balaban J connectivity index is 2.46. The third kappa shape index (κ3) is 1.90. The Morgan fingerprint density at radius 2 is 2.21 bits per heavy atom. The van der Waals surface area contributed by atoms with E-state index in [0.29, 0.717) is 21.2 Å². The highest BCUT2D eigenvalue weighted by Gasteiger charge is 2.20. The number of thiazole rings is 2. The molecule has 0 aliphatic carbocycles. The van der Waals surface area contributed by atoms with Crippen LogP contribution in [0.15, 0.2) is 21.8 Å². The maximum atomic E-state index is 12.7. The lowest BCUT2D eigenvalue weighted by Crippen LogP contribution is -2.22. The van der Waals surface area contributed by atoms with Gasteiger partial charge in [-0.05, 0) is 13.8 Å². The van der Waals surface area contributed by atoms with E-state index in [1.54, 1.807) is 10.6 Å². The Morgan fingerprint density at radius 3 is 2.84 bits per heavy atom. The van der Waals surface area contributed by atoms with Gasteiger partial charge in [0.2, 0.25) is 0 Å². The van der Waals surface area contributed by atoms with E-state index in [0.717, 1.165) is 5.69 Å². The fourth-order valence-electron chi connectivity index (χ4n) is 1.98. The molecule has 0 spiro atoms. The normalized spacial score (nSPS) is 13.0. The summed E-state index contributed by atoms with van der Waals surface area (Å²) in [5, 5.41) is 4.43. The van der Waals surface area contributed by atoms with Gasteiger partial charge in [-0.25, -0.2) is 9.97 Å².